The number of aliphatic hydroxyl groups is 1. The van der Waals surface area contributed by atoms with Crippen LogP contribution in [0.1, 0.15) is 26.7 Å². The zero-order chi connectivity index (χ0) is 12.6. The van der Waals surface area contributed by atoms with Crippen molar-refractivity contribution >= 4 is 21.9 Å². The molecule has 2 N–H and O–H groups in total. The lowest BCUT2D eigenvalue weighted by atomic mass is 9.83. The molecule has 0 aromatic heterocycles. The van der Waals surface area contributed by atoms with Crippen molar-refractivity contribution in [1.82, 2.24) is 5.32 Å². The number of rotatable bonds is 8. The second kappa shape index (κ2) is 8.03. The fourth-order valence-electron chi connectivity index (χ4n) is 1.45. The van der Waals surface area contributed by atoms with E-state index < -0.39 is 0 Å². The van der Waals surface area contributed by atoms with Gasteiger partial charge in [0.2, 0.25) is 0 Å². The Hall–Kier alpha value is -0.130. The van der Waals surface area contributed by atoms with Gasteiger partial charge in [-0.3, -0.25) is 4.79 Å². The van der Waals surface area contributed by atoms with E-state index in [1.165, 1.54) is 7.11 Å². The largest absolute Gasteiger partial charge is 0.468 e. The first-order valence-corrected chi connectivity index (χ1v) is 6.50. The number of carbonyl (C=O) groups is 1. The smallest absolute Gasteiger partial charge is 0.320 e. The molecule has 96 valence electrons. The van der Waals surface area contributed by atoms with Gasteiger partial charge in [0, 0.05) is 25.1 Å². The number of carbonyl (C=O) groups excluding carboxylic acids is 1. The fourth-order valence-corrected chi connectivity index (χ4v) is 1.87. The van der Waals surface area contributed by atoms with Crippen molar-refractivity contribution in [3.63, 3.8) is 0 Å². The highest BCUT2D eigenvalue weighted by Gasteiger charge is 2.25. The summed E-state index contributed by atoms with van der Waals surface area (Å²) < 4.78 is 4.60. The van der Waals surface area contributed by atoms with Gasteiger partial charge in [-0.25, -0.2) is 0 Å². The third-order valence-electron chi connectivity index (χ3n) is 3.12. The van der Waals surface area contributed by atoms with Crippen molar-refractivity contribution in [2.45, 2.75) is 31.5 Å². The molecule has 0 aliphatic rings. The highest BCUT2D eigenvalue weighted by Crippen LogP contribution is 2.24. The van der Waals surface area contributed by atoms with Gasteiger partial charge in [-0.15, -0.1) is 0 Å². The van der Waals surface area contributed by atoms with E-state index in [-0.39, 0.29) is 22.8 Å². The number of alkyl halides is 1. The first-order valence-electron chi connectivity index (χ1n) is 5.58. The number of halogens is 1. The molecule has 4 nitrogen and oxygen atoms in total. The molecule has 0 bridgehead atoms. The number of hydrogen-bond donors (Lipinski definition) is 2. The van der Waals surface area contributed by atoms with E-state index >= 15 is 0 Å². The summed E-state index contributed by atoms with van der Waals surface area (Å²) in [5.74, 6) is -0.282. The molecule has 0 rings (SSSR count). The first kappa shape index (κ1) is 15.9. The Balaban J connectivity index is 3.99. The van der Waals surface area contributed by atoms with Crippen molar-refractivity contribution in [1.29, 1.82) is 0 Å². The van der Waals surface area contributed by atoms with E-state index in [4.69, 9.17) is 0 Å². The van der Waals surface area contributed by atoms with Crippen LogP contribution in [-0.2, 0) is 9.53 Å². The molecule has 0 fully saturated rings. The van der Waals surface area contributed by atoms with Crippen LogP contribution in [0.15, 0.2) is 0 Å². The van der Waals surface area contributed by atoms with Crippen LogP contribution < -0.4 is 5.32 Å². The van der Waals surface area contributed by atoms with Crippen molar-refractivity contribution in [3.05, 3.63) is 0 Å². The molecular weight excluding hydrogens is 274 g/mol. The van der Waals surface area contributed by atoms with Crippen LogP contribution in [0.25, 0.3) is 0 Å². The summed E-state index contributed by atoms with van der Waals surface area (Å²) in [6.45, 7) is 5.50. The van der Waals surface area contributed by atoms with Crippen molar-refractivity contribution in [2.75, 3.05) is 26.8 Å². The predicted molar refractivity (Wildman–Crippen MR) is 67.7 cm³/mol. The van der Waals surface area contributed by atoms with E-state index in [1.807, 2.05) is 0 Å². The minimum absolute atomic E-state index is 0.0805. The molecule has 1 atom stereocenters. The van der Waals surface area contributed by atoms with Gasteiger partial charge in [0.25, 0.3) is 0 Å². The average Bonchev–Trinajstić information content (AvgIpc) is 2.34. The highest BCUT2D eigenvalue weighted by atomic mass is 79.9. The maximum atomic E-state index is 11.1. The molecule has 0 saturated heterocycles. The Bertz CT molecular complexity index is 199. The van der Waals surface area contributed by atoms with Crippen molar-refractivity contribution < 1.29 is 14.6 Å². The summed E-state index contributed by atoms with van der Waals surface area (Å²) in [5, 5.41) is 12.5. The molecule has 0 radical (unpaired) electrons. The van der Waals surface area contributed by atoms with Crippen molar-refractivity contribution in [3.8, 4) is 0 Å². The molecular formula is C11H22BrNO3. The molecule has 0 spiro atoms. The molecule has 0 aromatic carbocycles. The predicted octanol–water partition coefficient (Wildman–Crippen LogP) is 1.31. The summed E-state index contributed by atoms with van der Waals surface area (Å²) in [5.41, 5.74) is -0.0805. The van der Waals surface area contributed by atoms with E-state index in [9.17, 15) is 9.90 Å². The molecule has 0 heterocycles. The van der Waals surface area contributed by atoms with Crippen LogP contribution in [0.5, 0.6) is 0 Å². The van der Waals surface area contributed by atoms with Crippen LogP contribution in [0, 0.1) is 5.41 Å². The monoisotopic (exact) mass is 295 g/mol. The molecule has 0 aromatic rings. The Morgan fingerprint density at radius 2 is 2.06 bits per heavy atom. The van der Waals surface area contributed by atoms with Gasteiger partial charge in [-0.2, -0.15) is 0 Å². The number of ether oxygens (including phenoxy) is 1. The van der Waals surface area contributed by atoms with Crippen LogP contribution in [0.2, 0.25) is 0 Å². The summed E-state index contributed by atoms with van der Waals surface area (Å²) >= 11 is 3.24. The molecule has 0 saturated carbocycles. The Morgan fingerprint density at radius 1 is 1.50 bits per heavy atom. The molecule has 0 amide bonds. The Labute approximate surface area is 106 Å². The lowest BCUT2D eigenvalue weighted by Gasteiger charge is -2.29. The second-order valence-electron chi connectivity index (χ2n) is 3.99. The summed E-state index contributed by atoms with van der Waals surface area (Å²) in [4.78, 5) is 10.8. The molecule has 16 heavy (non-hydrogen) atoms. The van der Waals surface area contributed by atoms with Gasteiger partial charge in [0.1, 0.15) is 4.83 Å². The fraction of sp³-hybridized carbons (Fsp3) is 0.909. The molecule has 1 unspecified atom stereocenters. The average molecular weight is 296 g/mol. The van der Waals surface area contributed by atoms with Gasteiger partial charge in [0.15, 0.2) is 0 Å². The molecule has 5 heteroatoms. The summed E-state index contributed by atoms with van der Waals surface area (Å²) in [6, 6.07) is 0. The minimum Gasteiger partial charge on any atom is -0.468 e. The second-order valence-corrected chi connectivity index (χ2v) is 5.09. The van der Waals surface area contributed by atoms with Crippen LogP contribution >= 0.6 is 15.9 Å². The van der Waals surface area contributed by atoms with Gasteiger partial charge in [-0.05, 0) is 12.8 Å². The number of methoxy groups -OCH3 is 1. The third-order valence-corrected chi connectivity index (χ3v) is 3.81. The topological polar surface area (TPSA) is 58.6 Å². The zero-order valence-electron chi connectivity index (χ0n) is 10.3. The highest BCUT2D eigenvalue weighted by molar-refractivity contribution is 9.10. The van der Waals surface area contributed by atoms with Crippen LogP contribution in [0.4, 0.5) is 0 Å². The van der Waals surface area contributed by atoms with E-state index in [0.717, 1.165) is 12.8 Å². The zero-order valence-corrected chi connectivity index (χ0v) is 11.8. The quantitative estimate of drug-likeness (QED) is 0.524. The van der Waals surface area contributed by atoms with E-state index in [2.05, 4.69) is 39.8 Å². The van der Waals surface area contributed by atoms with Crippen molar-refractivity contribution in [2.24, 2.45) is 5.41 Å². The summed E-state index contributed by atoms with van der Waals surface area (Å²) in [6.07, 6.45) is 1.83. The standard InChI is InChI=1S/C11H22BrNO3/c1-4-11(5-2,8-14)7-13-6-9(12)10(15)16-3/h9,13-14H,4-8H2,1-3H3. The van der Waals surface area contributed by atoms with E-state index in [1.54, 1.807) is 0 Å². The van der Waals surface area contributed by atoms with Crippen LogP contribution in [-0.4, -0.2) is 42.7 Å². The summed E-state index contributed by atoms with van der Waals surface area (Å²) in [7, 11) is 1.37. The van der Waals surface area contributed by atoms with E-state index in [0.29, 0.717) is 13.1 Å². The van der Waals surface area contributed by atoms with Gasteiger partial charge in [-0.1, -0.05) is 29.8 Å². The van der Waals surface area contributed by atoms with Crippen LogP contribution in [0.3, 0.4) is 0 Å². The lowest BCUT2D eigenvalue weighted by molar-refractivity contribution is -0.139. The Kier molecular flexibility index (Phi) is 7.97. The molecule has 0 aliphatic heterocycles. The maximum absolute atomic E-state index is 11.1. The number of aliphatic hydroxyl groups excluding tert-OH is 1. The number of hydrogen-bond acceptors (Lipinski definition) is 4. The number of esters is 1. The minimum atomic E-state index is -0.331. The third kappa shape index (κ3) is 4.80. The maximum Gasteiger partial charge on any atom is 0.320 e. The van der Waals surface area contributed by atoms with Gasteiger partial charge >= 0.3 is 5.97 Å². The number of nitrogens with one attached hydrogen (secondary N) is 1. The first-order chi connectivity index (χ1) is 7.55. The Morgan fingerprint density at radius 3 is 2.44 bits per heavy atom. The van der Waals surface area contributed by atoms with Gasteiger partial charge in [0.05, 0.1) is 7.11 Å². The van der Waals surface area contributed by atoms with Gasteiger partial charge < -0.3 is 15.2 Å². The molecule has 0 aliphatic carbocycles. The lowest BCUT2D eigenvalue weighted by Crippen LogP contribution is -2.40. The normalized spacial score (nSPS) is 13.6. The SMILES string of the molecule is CCC(CC)(CO)CNCC(Br)C(=O)OC.